The van der Waals surface area contributed by atoms with Gasteiger partial charge in [0.25, 0.3) is 5.88 Å². The Balaban J connectivity index is 2.62. The van der Waals surface area contributed by atoms with Gasteiger partial charge in [0.15, 0.2) is 6.10 Å². The van der Waals surface area contributed by atoms with Crippen molar-refractivity contribution in [3.05, 3.63) is 11.8 Å². The predicted molar refractivity (Wildman–Crippen MR) is 45.2 cm³/mol. The summed E-state index contributed by atoms with van der Waals surface area (Å²) in [6.07, 6.45) is -0.796. The summed E-state index contributed by atoms with van der Waals surface area (Å²) >= 11 is 0. The molecular formula is C8H11NO5. The van der Waals surface area contributed by atoms with Crippen molar-refractivity contribution in [2.75, 3.05) is 14.2 Å². The summed E-state index contributed by atoms with van der Waals surface area (Å²) in [6.45, 7) is 0. The Labute approximate surface area is 80.4 Å². The molecule has 0 fully saturated rings. The van der Waals surface area contributed by atoms with Crippen LogP contribution in [0.1, 0.15) is 5.76 Å². The van der Waals surface area contributed by atoms with Crippen molar-refractivity contribution < 1.29 is 23.9 Å². The summed E-state index contributed by atoms with van der Waals surface area (Å²) in [6, 6.07) is 1.52. The van der Waals surface area contributed by atoms with Crippen molar-refractivity contribution in [3.63, 3.8) is 0 Å². The molecule has 0 amide bonds. The van der Waals surface area contributed by atoms with E-state index in [-0.39, 0.29) is 6.42 Å². The van der Waals surface area contributed by atoms with Gasteiger partial charge in [-0.05, 0) is 5.16 Å². The Morgan fingerprint density at radius 3 is 2.86 bits per heavy atom. The smallest absolute Gasteiger partial charge is 0.333 e. The average molecular weight is 201 g/mol. The molecular weight excluding hydrogens is 190 g/mol. The van der Waals surface area contributed by atoms with E-state index in [0.29, 0.717) is 11.6 Å². The molecule has 1 N–H and O–H groups in total. The lowest BCUT2D eigenvalue weighted by Crippen LogP contribution is -2.24. The molecule has 1 unspecified atom stereocenters. The molecule has 0 aliphatic heterocycles. The average Bonchev–Trinajstić information content (AvgIpc) is 2.61. The number of ether oxygens (including phenoxy) is 2. The van der Waals surface area contributed by atoms with Gasteiger partial charge in [-0.3, -0.25) is 0 Å². The Bertz CT molecular complexity index is 308. The molecule has 0 saturated carbocycles. The number of rotatable bonds is 5. The Hall–Kier alpha value is -1.56. The molecule has 0 aliphatic carbocycles. The van der Waals surface area contributed by atoms with Crippen LogP contribution in [0.2, 0.25) is 0 Å². The first-order chi connectivity index (χ1) is 6.67. The van der Waals surface area contributed by atoms with Crippen molar-refractivity contribution in [2.24, 2.45) is 0 Å². The monoisotopic (exact) mass is 201 g/mol. The normalized spacial score (nSPS) is 12.4. The van der Waals surface area contributed by atoms with Crippen LogP contribution in [-0.2, 0) is 16.0 Å². The zero-order valence-electron chi connectivity index (χ0n) is 7.89. The fraction of sp³-hybridized carbons (Fsp3) is 0.500. The molecule has 14 heavy (non-hydrogen) atoms. The third-order valence-electron chi connectivity index (χ3n) is 1.69. The van der Waals surface area contributed by atoms with E-state index in [4.69, 9.17) is 19.1 Å². The second-order valence-corrected chi connectivity index (χ2v) is 2.60. The number of carboxylic acids is 1. The second-order valence-electron chi connectivity index (χ2n) is 2.60. The fourth-order valence-corrected chi connectivity index (χ4v) is 0.941. The first kappa shape index (κ1) is 10.5. The summed E-state index contributed by atoms with van der Waals surface area (Å²) in [4.78, 5) is 10.6. The third-order valence-corrected chi connectivity index (χ3v) is 1.69. The lowest BCUT2D eigenvalue weighted by atomic mass is 10.2. The van der Waals surface area contributed by atoms with E-state index >= 15 is 0 Å². The van der Waals surface area contributed by atoms with E-state index in [0.717, 1.165) is 0 Å². The number of carboxylic acid groups (broad SMARTS) is 1. The van der Waals surface area contributed by atoms with Crippen molar-refractivity contribution in [1.82, 2.24) is 5.16 Å². The Morgan fingerprint density at radius 2 is 2.43 bits per heavy atom. The molecule has 0 bridgehead atoms. The van der Waals surface area contributed by atoms with Gasteiger partial charge in [0.1, 0.15) is 5.76 Å². The van der Waals surface area contributed by atoms with E-state index in [2.05, 4.69) is 5.16 Å². The Kier molecular flexibility index (Phi) is 3.47. The lowest BCUT2D eigenvalue weighted by molar-refractivity contribution is -0.148. The molecule has 0 aromatic carbocycles. The van der Waals surface area contributed by atoms with Crippen LogP contribution in [0.5, 0.6) is 5.88 Å². The zero-order chi connectivity index (χ0) is 10.6. The van der Waals surface area contributed by atoms with Crippen molar-refractivity contribution in [3.8, 4) is 5.88 Å². The number of hydrogen-bond donors (Lipinski definition) is 1. The van der Waals surface area contributed by atoms with E-state index in [1.165, 1.54) is 20.3 Å². The maximum Gasteiger partial charge on any atom is 0.333 e. The van der Waals surface area contributed by atoms with Crippen molar-refractivity contribution in [2.45, 2.75) is 12.5 Å². The predicted octanol–water partition coefficient (Wildman–Crippen LogP) is 0.325. The SMILES string of the molecule is COc1cc(CC(OC)C(=O)O)on1. The van der Waals surface area contributed by atoms with Gasteiger partial charge < -0.3 is 19.1 Å². The van der Waals surface area contributed by atoms with Crippen LogP contribution in [0.3, 0.4) is 0 Å². The molecule has 1 aromatic rings. The number of methoxy groups -OCH3 is 2. The fourth-order valence-electron chi connectivity index (χ4n) is 0.941. The molecule has 0 spiro atoms. The van der Waals surface area contributed by atoms with Crippen LogP contribution in [0, 0.1) is 0 Å². The molecule has 78 valence electrons. The highest BCUT2D eigenvalue weighted by atomic mass is 16.5. The second kappa shape index (κ2) is 4.61. The number of aliphatic carboxylic acids is 1. The topological polar surface area (TPSA) is 81.8 Å². The van der Waals surface area contributed by atoms with E-state index in [9.17, 15) is 4.79 Å². The summed E-state index contributed by atoms with van der Waals surface area (Å²) in [7, 11) is 2.78. The molecule has 0 saturated heterocycles. The van der Waals surface area contributed by atoms with Gasteiger partial charge in [-0.25, -0.2) is 4.79 Å². The maximum atomic E-state index is 10.6. The minimum atomic E-state index is -1.04. The largest absolute Gasteiger partial charge is 0.479 e. The number of aromatic nitrogens is 1. The van der Waals surface area contributed by atoms with Crippen LogP contribution in [0.15, 0.2) is 10.6 Å². The quantitative estimate of drug-likeness (QED) is 0.739. The summed E-state index contributed by atoms with van der Waals surface area (Å²) in [5.74, 6) is -0.306. The van der Waals surface area contributed by atoms with E-state index in [1.807, 2.05) is 0 Å². The molecule has 0 radical (unpaired) electrons. The van der Waals surface area contributed by atoms with E-state index < -0.39 is 12.1 Å². The molecule has 6 nitrogen and oxygen atoms in total. The first-order valence-corrected chi connectivity index (χ1v) is 3.92. The number of hydrogen-bond acceptors (Lipinski definition) is 5. The highest BCUT2D eigenvalue weighted by Gasteiger charge is 2.19. The lowest BCUT2D eigenvalue weighted by Gasteiger charge is -2.06. The Morgan fingerprint density at radius 1 is 1.71 bits per heavy atom. The van der Waals surface area contributed by atoms with Gasteiger partial charge in [0, 0.05) is 19.6 Å². The van der Waals surface area contributed by atoms with Gasteiger partial charge in [0.2, 0.25) is 0 Å². The minimum absolute atomic E-state index is 0.127. The van der Waals surface area contributed by atoms with Crippen LogP contribution in [-0.4, -0.2) is 36.6 Å². The van der Waals surface area contributed by atoms with Crippen LogP contribution in [0.25, 0.3) is 0 Å². The highest BCUT2D eigenvalue weighted by Crippen LogP contribution is 2.13. The van der Waals surface area contributed by atoms with Gasteiger partial charge in [0.05, 0.1) is 7.11 Å². The standard InChI is InChI=1S/C8H11NO5/c1-12-6(8(10)11)3-5-4-7(13-2)9-14-5/h4,6H,3H2,1-2H3,(H,10,11). The molecule has 6 heteroatoms. The zero-order valence-corrected chi connectivity index (χ0v) is 7.89. The van der Waals surface area contributed by atoms with Gasteiger partial charge in [-0.2, -0.15) is 0 Å². The van der Waals surface area contributed by atoms with Gasteiger partial charge >= 0.3 is 5.97 Å². The van der Waals surface area contributed by atoms with Crippen LogP contribution < -0.4 is 4.74 Å². The minimum Gasteiger partial charge on any atom is -0.479 e. The first-order valence-electron chi connectivity index (χ1n) is 3.92. The summed E-state index contributed by atoms with van der Waals surface area (Å²) in [5.41, 5.74) is 0. The van der Waals surface area contributed by atoms with Crippen LogP contribution >= 0.6 is 0 Å². The molecule has 0 aliphatic rings. The van der Waals surface area contributed by atoms with Crippen LogP contribution in [0.4, 0.5) is 0 Å². The number of nitrogens with zero attached hydrogens (tertiary/aromatic N) is 1. The third kappa shape index (κ3) is 2.46. The van der Waals surface area contributed by atoms with Gasteiger partial charge in [-0.1, -0.05) is 0 Å². The van der Waals surface area contributed by atoms with Crippen molar-refractivity contribution >= 4 is 5.97 Å². The van der Waals surface area contributed by atoms with E-state index in [1.54, 1.807) is 0 Å². The highest BCUT2D eigenvalue weighted by molar-refractivity contribution is 5.72. The van der Waals surface area contributed by atoms with Gasteiger partial charge in [-0.15, -0.1) is 0 Å². The number of carbonyl (C=O) groups is 1. The molecule has 1 atom stereocenters. The maximum absolute atomic E-state index is 10.6. The molecule has 1 aromatic heterocycles. The van der Waals surface area contributed by atoms with Crippen molar-refractivity contribution in [1.29, 1.82) is 0 Å². The summed E-state index contributed by atoms with van der Waals surface area (Å²) in [5, 5.41) is 12.2. The molecule has 1 heterocycles. The molecule has 1 rings (SSSR count). The summed E-state index contributed by atoms with van der Waals surface area (Å²) < 4.78 is 14.3.